The van der Waals surface area contributed by atoms with E-state index >= 15 is 0 Å². The molecule has 1 aromatic carbocycles. The monoisotopic (exact) mass is 215 g/mol. The summed E-state index contributed by atoms with van der Waals surface area (Å²) >= 11 is 0. The van der Waals surface area contributed by atoms with Gasteiger partial charge in [0.15, 0.2) is 0 Å². The van der Waals surface area contributed by atoms with Crippen LogP contribution in [0.4, 0.5) is 5.69 Å². The summed E-state index contributed by atoms with van der Waals surface area (Å²) in [5, 5.41) is 3.23. The van der Waals surface area contributed by atoms with Crippen LogP contribution in [0.1, 0.15) is 5.56 Å². The topological polar surface area (TPSA) is 47.0 Å². The van der Waals surface area contributed by atoms with Crippen LogP contribution in [-0.4, -0.2) is 17.1 Å². The van der Waals surface area contributed by atoms with Crippen LogP contribution in [0, 0.1) is 0 Å². The number of nitrogens with one attached hydrogen (secondary N) is 1. The summed E-state index contributed by atoms with van der Waals surface area (Å²) < 4.78 is 5.09. The van der Waals surface area contributed by atoms with Gasteiger partial charge in [0.1, 0.15) is 12.1 Å². The lowest BCUT2D eigenvalue weighted by molar-refractivity contribution is 0.414. The highest BCUT2D eigenvalue weighted by atomic mass is 16.5. The molecule has 2 rings (SSSR count). The SMILES string of the molecule is COc1ccc(CNc2cncnc2)cc1. The number of methoxy groups -OCH3 is 1. The van der Waals surface area contributed by atoms with Crippen LogP contribution < -0.4 is 10.1 Å². The molecular formula is C12H13N3O. The standard InChI is InChI=1S/C12H13N3O/c1-16-12-4-2-10(3-5-12)6-15-11-7-13-9-14-8-11/h2-5,7-9,15H,6H2,1H3. The second-order valence-electron chi connectivity index (χ2n) is 3.33. The minimum atomic E-state index is 0.747. The van der Waals surface area contributed by atoms with Crippen LogP contribution in [0.25, 0.3) is 0 Å². The smallest absolute Gasteiger partial charge is 0.118 e. The molecule has 0 atom stereocenters. The molecule has 2 aromatic rings. The Kier molecular flexibility index (Phi) is 3.33. The van der Waals surface area contributed by atoms with Gasteiger partial charge in [-0.15, -0.1) is 0 Å². The summed E-state index contributed by atoms with van der Waals surface area (Å²) in [7, 11) is 1.66. The molecule has 0 unspecified atom stereocenters. The van der Waals surface area contributed by atoms with Crippen molar-refractivity contribution in [3.8, 4) is 5.75 Å². The van der Waals surface area contributed by atoms with Crippen molar-refractivity contribution in [2.24, 2.45) is 0 Å². The Balaban J connectivity index is 1.94. The molecule has 1 N–H and O–H groups in total. The van der Waals surface area contributed by atoms with Crippen LogP contribution >= 0.6 is 0 Å². The van der Waals surface area contributed by atoms with Crippen LogP contribution in [0.2, 0.25) is 0 Å². The maximum absolute atomic E-state index is 5.09. The summed E-state index contributed by atoms with van der Waals surface area (Å²) in [6.07, 6.45) is 5.01. The van der Waals surface area contributed by atoms with Gasteiger partial charge in [-0.1, -0.05) is 12.1 Å². The van der Waals surface area contributed by atoms with Crippen LogP contribution in [0.15, 0.2) is 43.0 Å². The first kappa shape index (κ1) is 10.4. The van der Waals surface area contributed by atoms with Gasteiger partial charge >= 0.3 is 0 Å². The molecule has 0 bridgehead atoms. The molecule has 0 saturated heterocycles. The molecule has 82 valence electrons. The number of hydrogen-bond acceptors (Lipinski definition) is 4. The van der Waals surface area contributed by atoms with Gasteiger partial charge in [0.05, 0.1) is 25.2 Å². The van der Waals surface area contributed by atoms with E-state index in [0.717, 1.165) is 18.0 Å². The fourth-order valence-electron chi connectivity index (χ4n) is 1.34. The Morgan fingerprint density at radius 2 is 1.81 bits per heavy atom. The number of benzene rings is 1. The van der Waals surface area contributed by atoms with E-state index in [9.17, 15) is 0 Å². The summed E-state index contributed by atoms with van der Waals surface area (Å²) in [4.78, 5) is 7.86. The second-order valence-corrected chi connectivity index (χ2v) is 3.33. The number of hydrogen-bond donors (Lipinski definition) is 1. The molecule has 4 heteroatoms. The Hall–Kier alpha value is -2.10. The number of anilines is 1. The highest BCUT2D eigenvalue weighted by molar-refractivity contribution is 5.38. The molecule has 1 heterocycles. The first-order chi connectivity index (χ1) is 7.88. The Morgan fingerprint density at radius 3 is 2.44 bits per heavy atom. The molecule has 0 spiro atoms. The quantitative estimate of drug-likeness (QED) is 0.848. The van der Waals surface area contributed by atoms with E-state index in [-0.39, 0.29) is 0 Å². The molecule has 0 saturated carbocycles. The van der Waals surface area contributed by atoms with E-state index < -0.39 is 0 Å². The lowest BCUT2D eigenvalue weighted by Crippen LogP contribution is -1.99. The molecule has 0 radical (unpaired) electrons. The number of ether oxygens (including phenoxy) is 1. The van der Waals surface area contributed by atoms with Gasteiger partial charge in [0, 0.05) is 6.54 Å². The van der Waals surface area contributed by atoms with Gasteiger partial charge in [0.2, 0.25) is 0 Å². The maximum Gasteiger partial charge on any atom is 0.118 e. The largest absolute Gasteiger partial charge is 0.497 e. The van der Waals surface area contributed by atoms with E-state index in [0.29, 0.717) is 0 Å². The molecule has 16 heavy (non-hydrogen) atoms. The normalized spacial score (nSPS) is 9.81. The third-order valence-electron chi connectivity index (χ3n) is 2.22. The minimum Gasteiger partial charge on any atom is -0.497 e. The molecule has 1 aromatic heterocycles. The van der Waals surface area contributed by atoms with E-state index in [1.807, 2.05) is 24.3 Å². The van der Waals surface area contributed by atoms with Gasteiger partial charge in [-0.05, 0) is 17.7 Å². The zero-order valence-electron chi connectivity index (χ0n) is 9.05. The molecule has 4 nitrogen and oxygen atoms in total. The first-order valence-electron chi connectivity index (χ1n) is 5.00. The number of aromatic nitrogens is 2. The third-order valence-corrected chi connectivity index (χ3v) is 2.22. The van der Waals surface area contributed by atoms with Gasteiger partial charge in [-0.3, -0.25) is 0 Å². The highest BCUT2D eigenvalue weighted by Crippen LogP contribution is 2.12. The molecule has 0 aliphatic carbocycles. The molecule has 0 amide bonds. The average molecular weight is 215 g/mol. The number of nitrogens with zero attached hydrogens (tertiary/aromatic N) is 2. The molecule has 0 fully saturated rings. The van der Waals surface area contributed by atoms with Gasteiger partial charge < -0.3 is 10.1 Å². The van der Waals surface area contributed by atoms with Crippen molar-refractivity contribution in [2.45, 2.75) is 6.54 Å². The lowest BCUT2D eigenvalue weighted by Gasteiger charge is -2.06. The first-order valence-corrected chi connectivity index (χ1v) is 5.00. The predicted molar refractivity (Wildman–Crippen MR) is 62.4 cm³/mol. The average Bonchev–Trinajstić information content (AvgIpc) is 2.38. The Morgan fingerprint density at radius 1 is 1.12 bits per heavy atom. The van der Waals surface area contributed by atoms with Gasteiger partial charge in [-0.2, -0.15) is 0 Å². The fraction of sp³-hybridized carbons (Fsp3) is 0.167. The highest BCUT2D eigenvalue weighted by Gasteiger charge is 1.95. The van der Waals surface area contributed by atoms with Crippen LogP contribution in [0.5, 0.6) is 5.75 Å². The van der Waals surface area contributed by atoms with Crippen molar-refractivity contribution < 1.29 is 4.74 Å². The third kappa shape index (κ3) is 2.70. The van der Waals surface area contributed by atoms with Crippen molar-refractivity contribution in [1.29, 1.82) is 0 Å². The second kappa shape index (κ2) is 5.11. The zero-order valence-corrected chi connectivity index (χ0v) is 9.05. The minimum absolute atomic E-state index is 0.747. The van der Waals surface area contributed by atoms with Crippen molar-refractivity contribution >= 4 is 5.69 Å². The van der Waals surface area contributed by atoms with Crippen molar-refractivity contribution in [2.75, 3.05) is 12.4 Å². The van der Waals surface area contributed by atoms with E-state index in [1.54, 1.807) is 19.5 Å². The summed E-state index contributed by atoms with van der Waals surface area (Å²) in [6, 6.07) is 7.93. The van der Waals surface area contributed by atoms with Crippen LogP contribution in [0.3, 0.4) is 0 Å². The van der Waals surface area contributed by atoms with E-state index in [2.05, 4.69) is 15.3 Å². The predicted octanol–water partition coefficient (Wildman–Crippen LogP) is 2.10. The summed E-state index contributed by atoms with van der Waals surface area (Å²) in [6.45, 7) is 0.747. The molecule has 0 aliphatic heterocycles. The van der Waals surface area contributed by atoms with Gasteiger partial charge in [-0.25, -0.2) is 9.97 Å². The Labute approximate surface area is 94.3 Å². The summed E-state index contributed by atoms with van der Waals surface area (Å²) in [5.41, 5.74) is 2.10. The van der Waals surface area contributed by atoms with Crippen molar-refractivity contribution in [3.63, 3.8) is 0 Å². The number of rotatable bonds is 4. The Bertz CT molecular complexity index is 428. The zero-order chi connectivity index (χ0) is 11.2. The summed E-state index contributed by atoms with van der Waals surface area (Å²) in [5.74, 6) is 0.867. The molecule has 0 aliphatic rings. The van der Waals surface area contributed by atoms with Crippen molar-refractivity contribution in [3.05, 3.63) is 48.5 Å². The lowest BCUT2D eigenvalue weighted by atomic mass is 10.2. The fourth-order valence-corrected chi connectivity index (χ4v) is 1.34. The molecular weight excluding hydrogens is 202 g/mol. The van der Waals surface area contributed by atoms with Crippen LogP contribution in [-0.2, 0) is 6.54 Å². The van der Waals surface area contributed by atoms with E-state index in [1.165, 1.54) is 11.9 Å². The maximum atomic E-state index is 5.09. The van der Waals surface area contributed by atoms with Crippen molar-refractivity contribution in [1.82, 2.24) is 9.97 Å². The van der Waals surface area contributed by atoms with Gasteiger partial charge in [0.25, 0.3) is 0 Å². The van der Waals surface area contributed by atoms with E-state index in [4.69, 9.17) is 4.74 Å².